The number of hydrogen-bond donors (Lipinski definition) is 0. The lowest BCUT2D eigenvalue weighted by Crippen LogP contribution is -2.10. The zero-order valence-electron chi connectivity index (χ0n) is 82.3. The van der Waals surface area contributed by atoms with Crippen molar-refractivity contribution in [3.05, 3.63) is 637 Å². The van der Waals surface area contributed by atoms with Crippen LogP contribution in [0.15, 0.2) is 637 Å². The minimum absolute atomic E-state index is 1.08. The maximum Gasteiger partial charge on any atom is 0.0468 e. The normalized spacial score (nSPS) is 11.0. The van der Waals surface area contributed by atoms with Gasteiger partial charge in [0.15, 0.2) is 0 Å². The molecule has 0 saturated carbocycles. The van der Waals surface area contributed by atoms with Gasteiger partial charge in [0, 0.05) is 119 Å². The second-order valence-electron chi connectivity index (χ2n) is 36.9. The molecule has 708 valence electrons. The van der Waals surface area contributed by atoms with Crippen LogP contribution in [0.3, 0.4) is 0 Å². The van der Waals surface area contributed by atoms with Gasteiger partial charge in [-0.25, -0.2) is 0 Å². The van der Waals surface area contributed by atoms with Gasteiger partial charge in [0.25, 0.3) is 0 Å². The standard InChI is InChI=1S/C72H54N4.C70H51N3/c1-7-19-61(20-8-1)73(62-21-9-2-10-22-62)67-43-31-55(32-44-67)57-35-47-69(48-36-57)75(65-27-15-5-16-28-65)71-51-39-59(40-52-71)60-41-53-72(54-42-60)76(66-29-17-6-18-30-66)70-49-37-58(38-50-70)56-33-45-68(46-34-56)74(63-23-11-3-12-24-63)64-25-13-4-14-26-64;1-5-17-62(18-6-1)71(63-19-7-2-8-20-63)66-42-33-57(34-43-66)53-25-29-55(30-26-53)59-37-46-68(47-38-59)73(70-50-41-52-15-13-14-16-61(52)51-70)69-48-39-60(40-49-69)56-31-27-54(28-32-56)58-35-44-67(45-36-58)72(64-21-9-3-10-22-64)65-23-11-4-12-24-65/h1-54H;1-51H. The summed E-state index contributed by atoms with van der Waals surface area (Å²) in [5.41, 5.74) is 39.6. The van der Waals surface area contributed by atoms with Gasteiger partial charge in [-0.05, 0) is 343 Å². The molecule has 0 spiro atoms. The van der Waals surface area contributed by atoms with E-state index in [0.29, 0.717) is 0 Å². The van der Waals surface area contributed by atoms with Crippen molar-refractivity contribution in [3.63, 3.8) is 0 Å². The van der Waals surface area contributed by atoms with E-state index in [2.05, 4.69) is 671 Å². The van der Waals surface area contributed by atoms with Crippen LogP contribution < -0.4 is 34.3 Å². The van der Waals surface area contributed by atoms with Crippen LogP contribution in [0.4, 0.5) is 119 Å². The highest BCUT2D eigenvalue weighted by Crippen LogP contribution is 2.47. The highest BCUT2D eigenvalue weighted by Gasteiger charge is 2.23. The fraction of sp³-hybridized carbons (Fsp3) is 0. The monoisotopic (exact) mass is 1910 g/mol. The molecule has 0 atom stereocenters. The number of nitrogens with zero attached hydrogens (tertiary/aromatic N) is 7. The molecule has 0 unspecified atom stereocenters. The Kier molecular flexibility index (Phi) is 27.4. The molecule has 0 aliphatic rings. The van der Waals surface area contributed by atoms with Crippen molar-refractivity contribution >= 4 is 130 Å². The van der Waals surface area contributed by atoms with Crippen molar-refractivity contribution in [2.75, 3.05) is 34.3 Å². The summed E-state index contributed by atoms with van der Waals surface area (Å²) in [5.74, 6) is 0. The Morgan fingerprint density at radius 2 is 0.161 bits per heavy atom. The second-order valence-corrected chi connectivity index (χ2v) is 36.9. The average molecular weight is 1910 g/mol. The molecule has 0 aromatic heterocycles. The topological polar surface area (TPSA) is 22.7 Å². The number of fused-ring (bicyclic) bond motifs is 1. The van der Waals surface area contributed by atoms with Crippen LogP contribution >= 0.6 is 0 Å². The van der Waals surface area contributed by atoms with Gasteiger partial charge in [-0.1, -0.05) is 382 Å². The summed E-state index contributed by atoms with van der Waals surface area (Å²) in [6, 6.07) is 227. The Hall–Kier alpha value is -19.9. The van der Waals surface area contributed by atoms with E-state index >= 15 is 0 Å². The van der Waals surface area contributed by atoms with Crippen molar-refractivity contribution in [1.29, 1.82) is 0 Å². The van der Waals surface area contributed by atoms with Gasteiger partial charge in [0.05, 0.1) is 0 Å². The summed E-state index contributed by atoms with van der Waals surface area (Å²) in [7, 11) is 0. The third-order valence-electron chi connectivity index (χ3n) is 27.5. The molecular formula is C142H105N7. The van der Waals surface area contributed by atoms with E-state index in [-0.39, 0.29) is 0 Å². The maximum absolute atomic E-state index is 2.35. The molecule has 0 bridgehead atoms. The average Bonchev–Trinajstić information content (AvgIpc) is 0.803. The molecule has 0 radical (unpaired) electrons. The van der Waals surface area contributed by atoms with Gasteiger partial charge in [-0.15, -0.1) is 0 Å². The van der Waals surface area contributed by atoms with Gasteiger partial charge < -0.3 is 34.3 Å². The van der Waals surface area contributed by atoms with Crippen molar-refractivity contribution in [3.8, 4) is 77.9 Å². The summed E-state index contributed by atoms with van der Waals surface area (Å²) in [6.45, 7) is 0. The molecule has 24 rings (SSSR count). The molecule has 7 heteroatoms. The molecule has 0 saturated heterocycles. The zero-order valence-corrected chi connectivity index (χ0v) is 82.3. The first kappa shape index (κ1) is 92.8. The lowest BCUT2D eigenvalue weighted by Gasteiger charge is -2.26. The number of benzene rings is 24. The number of rotatable bonds is 28. The molecule has 0 aliphatic carbocycles. The predicted octanol–water partition coefficient (Wildman–Crippen LogP) is 40.5. The van der Waals surface area contributed by atoms with Crippen LogP contribution in [-0.4, -0.2) is 0 Å². The van der Waals surface area contributed by atoms with E-state index in [1.54, 1.807) is 0 Å². The van der Waals surface area contributed by atoms with Gasteiger partial charge >= 0.3 is 0 Å². The third-order valence-corrected chi connectivity index (χ3v) is 27.5. The highest BCUT2D eigenvalue weighted by molar-refractivity contribution is 5.93. The number of anilines is 21. The molecule has 0 aliphatic heterocycles. The SMILES string of the molecule is c1ccc(N(c2ccccc2)c2ccc(-c3ccc(-c4ccc(N(c5ccc(-c6ccc(-c7ccc(N(c8ccccc8)c8ccccc8)cc7)cc6)cc5)c5ccc6ccccc6c5)cc4)cc3)cc2)cc1.c1ccc(N(c2ccccc2)c2ccc(-c3ccc(N(c4ccccc4)c4ccc(-c5ccc(N(c6ccccc6)c6ccc(-c7ccc(N(c8ccccc8)c8ccccc8)cc7)cc6)cc5)cc4)cc3)cc2)cc1. The molecule has 7 nitrogen and oxygen atoms in total. The van der Waals surface area contributed by atoms with Gasteiger partial charge in [0.2, 0.25) is 0 Å². The largest absolute Gasteiger partial charge is 0.311 e. The molecule has 0 N–H and O–H groups in total. The van der Waals surface area contributed by atoms with E-state index in [9.17, 15) is 0 Å². The molecule has 0 heterocycles. The van der Waals surface area contributed by atoms with Crippen molar-refractivity contribution in [2.24, 2.45) is 0 Å². The Bertz CT molecular complexity index is 7830. The van der Waals surface area contributed by atoms with Crippen LogP contribution in [0.25, 0.3) is 88.7 Å². The third kappa shape index (κ3) is 20.9. The van der Waals surface area contributed by atoms with E-state index in [1.807, 2.05) is 0 Å². The minimum atomic E-state index is 1.08. The Morgan fingerprint density at radius 3 is 0.295 bits per heavy atom. The van der Waals surface area contributed by atoms with E-state index < -0.39 is 0 Å². The van der Waals surface area contributed by atoms with Gasteiger partial charge in [0.1, 0.15) is 0 Å². The fourth-order valence-electron chi connectivity index (χ4n) is 20.0. The lowest BCUT2D eigenvalue weighted by atomic mass is 9.99. The summed E-state index contributed by atoms with van der Waals surface area (Å²) in [4.78, 5) is 16.2. The van der Waals surface area contributed by atoms with Crippen LogP contribution in [0.2, 0.25) is 0 Å². The minimum Gasteiger partial charge on any atom is -0.311 e. The smallest absolute Gasteiger partial charge is 0.0468 e. The summed E-state index contributed by atoms with van der Waals surface area (Å²) in [6.07, 6.45) is 0. The summed E-state index contributed by atoms with van der Waals surface area (Å²) in [5, 5.41) is 2.43. The van der Waals surface area contributed by atoms with Crippen molar-refractivity contribution < 1.29 is 0 Å². The van der Waals surface area contributed by atoms with Gasteiger partial charge in [-0.3, -0.25) is 0 Å². The lowest BCUT2D eigenvalue weighted by molar-refractivity contribution is 1.28. The molecule has 24 aromatic rings. The highest BCUT2D eigenvalue weighted by atomic mass is 15.2. The quantitative estimate of drug-likeness (QED) is 0.0481. The fourth-order valence-corrected chi connectivity index (χ4v) is 20.0. The molecule has 149 heavy (non-hydrogen) atoms. The van der Waals surface area contributed by atoms with E-state index in [1.165, 1.54) is 55.3 Å². The molecule has 24 aromatic carbocycles. The second kappa shape index (κ2) is 43.9. The molecular weight excluding hydrogens is 1800 g/mol. The van der Waals surface area contributed by atoms with Crippen LogP contribution in [0, 0.1) is 0 Å². The molecule has 0 amide bonds. The first-order chi connectivity index (χ1) is 73.9. The van der Waals surface area contributed by atoms with Crippen LogP contribution in [0.5, 0.6) is 0 Å². The van der Waals surface area contributed by atoms with Crippen LogP contribution in [0.1, 0.15) is 0 Å². The van der Waals surface area contributed by atoms with Gasteiger partial charge in [-0.2, -0.15) is 0 Å². The first-order valence-corrected chi connectivity index (χ1v) is 50.7. The first-order valence-electron chi connectivity index (χ1n) is 50.7. The predicted molar refractivity (Wildman–Crippen MR) is 631 cm³/mol. The maximum atomic E-state index is 2.35. The number of para-hydroxylation sites is 10. The van der Waals surface area contributed by atoms with Crippen molar-refractivity contribution in [2.45, 2.75) is 0 Å². The molecule has 0 fully saturated rings. The Morgan fingerprint density at radius 1 is 0.0671 bits per heavy atom. The van der Waals surface area contributed by atoms with Crippen molar-refractivity contribution in [1.82, 2.24) is 0 Å². The Labute approximate surface area is 873 Å². The van der Waals surface area contributed by atoms with Crippen LogP contribution in [-0.2, 0) is 0 Å². The zero-order chi connectivity index (χ0) is 99.6. The summed E-state index contributed by atoms with van der Waals surface area (Å²) >= 11 is 0. The summed E-state index contributed by atoms with van der Waals surface area (Å²) < 4.78 is 0. The van der Waals surface area contributed by atoms with E-state index in [0.717, 1.165) is 153 Å². The van der Waals surface area contributed by atoms with E-state index in [4.69, 9.17) is 0 Å². The number of hydrogen-bond acceptors (Lipinski definition) is 7. The Balaban J connectivity index is 0.000000164.